The molecule has 1 aliphatic rings. The van der Waals surface area contributed by atoms with Crippen molar-refractivity contribution in [1.29, 1.82) is 0 Å². The first-order valence-corrected chi connectivity index (χ1v) is 6.73. The van der Waals surface area contributed by atoms with Gasteiger partial charge in [-0.2, -0.15) is 4.98 Å². The first-order valence-electron chi connectivity index (χ1n) is 6.35. The van der Waals surface area contributed by atoms with Gasteiger partial charge in [-0.05, 0) is 12.8 Å². The molecule has 1 aliphatic carbocycles. The van der Waals surface area contributed by atoms with Crippen LogP contribution in [0.2, 0.25) is 5.02 Å². The average Bonchev–Trinajstić information content (AvgIpc) is 2.58. The van der Waals surface area contributed by atoms with Crippen LogP contribution in [-0.2, 0) is 0 Å². The van der Waals surface area contributed by atoms with E-state index < -0.39 is 0 Å². The molecule has 2 unspecified atom stereocenters. The van der Waals surface area contributed by atoms with Crippen LogP contribution in [-0.4, -0.2) is 34.3 Å². The Bertz CT molecular complexity index is 402. The summed E-state index contributed by atoms with van der Waals surface area (Å²) < 4.78 is 0. The number of aliphatic hydroxyl groups excluding tert-OH is 1. The summed E-state index contributed by atoms with van der Waals surface area (Å²) in [5, 5.41) is 16.7. The summed E-state index contributed by atoms with van der Waals surface area (Å²) in [6.07, 6.45) is 6.38. The van der Waals surface area contributed by atoms with E-state index in [1.807, 2.05) is 0 Å². The van der Waals surface area contributed by atoms with Crippen LogP contribution in [0.15, 0.2) is 6.20 Å². The molecule has 0 radical (unpaired) electrons. The van der Waals surface area contributed by atoms with E-state index in [2.05, 4.69) is 20.6 Å². The van der Waals surface area contributed by atoms with Crippen molar-refractivity contribution in [2.24, 2.45) is 0 Å². The van der Waals surface area contributed by atoms with Crippen molar-refractivity contribution >= 4 is 23.4 Å². The van der Waals surface area contributed by atoms with Crippen LogP contribution in [0.5, 0.6) is 0 Å². The predicted molar refractivity (Wildman–Crippen MR) is 73.1 cm³/mol. The minimum absolute atomic E-state index is 0.0182. The molecule has 1 aromatic rings. The lowest BCUT2D eigenvalue weighted by atomic mass is 10.1. The molecule has 1 heterocycles. The van der Waals surface area contributed by atoms with E-state index in [9.17, 15) is 5.11 Å². The Balaban J connectivity index is 2.11. The third-order valence-corrected chi connectivity index (χ3v) is 3.55. The Morgan fingerprint density at radius 3 is 2.89 bits per heavy atom. The number of rotatable bonds is 3. The third-order valence-electron chi connectivity index (χ3n) is 3.27. The smallest absolute Gasteiger partial charge is 0.224 e. The summed E-state index contributed by atoms with van der Waals surface area (Å²) in [5.41, 5.74) is 0. The first-order chi connectivity index (χ1) is 8.70. The summed E-state index contributed by atoms with van der Waals surface area (Å²) in [7, 11) is 1.76. The third kappa shape index (κ3) is 3.23. The molecule has 2 rings (SSSR count). The molecule has 2 atom stereocenters. The second-order valence-corrected chi connectivity index (χ2v) is 5.00. The highest BCUT2D eigenvalue weighted by Gasteiger charge is 2.22. The van der Waals surface area contributed by atoms with E-state index in [1.165, 1.54) is 6.42 Å². The topological polar surface area (TPSA) is 70.1 Å². The maximum atomic E-state index is 10.1. The molecular weight excluding hydrogens is 252 g/mol. The summed E-state index contributed by atoms with van der Waals surface area (Å²) in [6.45, 7) is 0. The van der Waals surface area contributed by atoms with Crippen LogP contribution >= 0.6 is 11.6 Å². The molecule has 0 spiro atoms. The summed E-state index contributed by atoms with van der Waals surface area (Å²) in [6, 6.07) is 0.0182. The molecule has 0 bridgehead atoms. The summed E-state index contributed by atoms with van der Waals surface area (Å²) in [4.78, 5) is 8.30. The van der Waals surface area contributed by atoms with Crippen molar-refractivity contribution in [3.63, 3.8) is 0 Å². The molecule has 3 N–H and O–H groups in total. The number of halogens is 1. The van der Waals surface area contributed by atoms with Crippen LogP contribution in [0.1, 0.15) is 32.1 Å². The number of hydrogen-bond acceptors (Lipinski definition) is 5. The van der Waals surface area contributed by atoms with E-state index in [1.54, 1.807) is 13.2 Å². The van der Waals surface area contributed by atoms with Gasteiger partial charge in [0.15, 0.2) is 5.82 Å². The van der Waals surface area contributed by atoms with Crippen molar-refractivity contribution in [2.75, 3.05) is 17.7 Å². The van der Waals surface area contributed by atoms with Crippen molar-refractivity contribution < 1.29 is 5.11 Å². The standard InChI is InChI=1S/C12H19ClN4O/c1-14-12-15-7-8(13)11(17-12)16-9-5-3-2-4-6-10(9)18/h7,9-10,18H,2-6H2,1H3,(H2,14,15,16,17). The van der Waals surface area contributed by atoms with Gasteiger partial charge in [-0.25, -0.2) is 4.98 Å². The quantitative estimate of drug-likeness (QED) is 0.735. The molecular formula is C12H19ClN4O. The highest BCUT2D eigenvalue weighted by molar-refractivity contribution is 6.32. The molecule has 0 saturated heterocycles. The van der Waals surface area contributed by atoms with E-state index in [4.69, 9.17) is 11.6 Å². The van der Waals surface area contributed by atoms with Crippen molar-refractivity contribution in [2.45, 2.75) is 44.2 Å². The van der Waals surface area contributed by atoms with Gasteiger partial charge in [-0.15, -0.1) is 0 Å². The number of nitrogens with zero attached hydrogens (tertiary/aromatic N) is 2. The molecule has 5 nitrogen and oxygen atoms in total. The van der Waals surface area contributed by atoms with Crippen LogP contribution < -0.4 is 10.6 Å². The average molecular weight is 271 g/mol. The maximum Gasteiger partial charge on any atom is 0.224 e. The zero-order chi connectivity index (χ0) is 13.0. The Morgan fingerprint density at radius 1 is 1.33 bits per heavy atom. The largest absolute Gasteiger partial charge is 0.391 e. The SMILES string of the molecule is CNc1ncc(Cl)c(NC2CCCCCC2O)n1. The van der Waals surface area contributed by atoms with Crippen molar-refractivity contribution in [3.8, 4) is 0 Å². The lowest BCUT2D eigenvalue weighted by molar-refractivity contribution is 0.144. The van der Waals surface area contributed by atoms with Gasteiger partial charge in [0.25, 0.3) is 0 Å². The van der Waals surface area contributed by atoms with Gasteiger partial charge in [0.1, 0.15) is 5.02 Å². The fraction of sp³-hybridized carbons (Fsp3) is 0.667. The minimum atomic E-state index is -0.337. The highest BCUT2D eigenvalue weighted by Crippen LogP contribution is 2.25. The van der Waals surface area contributed by atoms with Gasteiger partial charge in [-0.1, -0.05) is 30.9 Å². The van der Waals surface area contributed by atoms with Crippen LogP contribution in [0.4, 0.5) is 11.8 Å². The predicted octanol–water partition coefficient (Wildman–Crippen LogP) is 2.28. The zero-order valence-electron chi connectivity index (χ0n) is 10.5. The molecule has 6 heteroatoms. The molecule has 1 saturated carbocycles. The number of nitrogens with one attached hydrogen (secondary N) is 2. The molecule has 1 fully saturated rings. The van der Waals surface area contributed by atoms with E-state index in [0.29, 0.717) is 16.8 Å². The molecule has 0 aliphatic heterocycles. The van der Waals surface area contributed by atoms with E-state index >= 15 is 0 Å². The van der Waals surface area contributed by atoms with Gasteiger partial charge in [-0.3, -0.25) is 0 Å². The Labute approximate surface area is 112 Å². The summed E-state index contributed by atoms with van der Waals surface area (Å²) >= 11 is 6.06. The minimum Gasteiger partial charge on any atom is -0.391 e. The lowest BCUT2D eigenvalue weighted by Gasteiger charge is -2.22. The monoisotopic (exact) mass is 270 g/mol. The van der Waals surface area contributed by atoms with Crippen LogP contribution in [0.3, 0.4) is 0 Å². The second kappa shape index (κ2) is 6.20. The summed E-state index contributed by atoms with van der Waals surface area (Å²) in [5.74, 6) is 1.10. The van der Waals surface area contributed by atoms with Gasteiger partial charge >= 0.3 is 0 Å². The number of anilines is 2. The molecule has 0 aromatic carbocycles. The van der Waals surface area contributed by atoms with E-state index in [-0.39, 0.29) is 12.1 Å². The molecule has 0 amide bonds. The number of hydrogen-bond donors (Lipinski definition) is 3. The molecule has 100 valence electrons. The number of aromatic nitrogens is 2. The maximum absolute atomic E-state index is 10.1. The Kier molecular flexibility index (Phi) is 4.60. The molecule has 18 heavy (non-hydrogen) atoms. The van der Waals surface area contributed by atoms with Gasteiger partial charge in [0, 0.05) is 7.05 Å². The van der Waals surface area contributed by atoms with Gasteiger partial charge in [0.05, 0.1) is 18.3 Å². The fourth-order valence-electron chi connectivity index (χ4n) is 2.22. The highest BCUT2D eigenvalue weighted by atomic mass is 35.5. The second-order valence-electron chi connectivity index (χ2n) is 4.60. The normalized spacial score (nSPS) is 24.4. The molecule has 1 aromatic heterocycles. The Hall–Kier alpha value is -1.07. The first kappa shape index (κ1) is 13.4. The van der Waals surface area contributed by atoms with Crippen LogP contribution in [0.25, 0.3) is 0 Å². The van der Waals surface area contributed by atoms with Crippen LogP contribution in [0, 0.1) is 0 Å². The fourth-order valence-corrected chi connectivity index (χ4v) is 2.37. The lowest BCUT2D eigenvalue weighted by Crippen LogP contribution is -2.33. The number of aliphatic hydroxyl groups is 1. The van der Waals surface area contributed by atoms with Crippen molar-refractivity contribution in [3.05, 3.63) is 11.2 Å². The van der Waals surface area contributed by atoms with Gasteiger partial charge < -0.3 is 15.7 Å². The van der Waals surface area contributed by atoms with Gasteiger partial charge in [0.2, 0.25) is 5.95 Å². The van der Waals surface area contributed by atoms with Crippen molar-refractivity contribution in [1.82, 2.24) is 9.97 Å². The zero-order valence-corrected chi connectivity index (χ0v) is 11.2. The Morgan fingerprint density at radius 2 is 2.11 bits per heavy atom. The van der Waals surface area contributed by atoms with E-state index in [0.717, 1.165) is 25.7 Å².